The Morgan fingerprint density at radius 1 is 1.06 bits per heavy atom. The summed E-state index contributed by atoms with van der Waals surface area (Å²) in [6.07, 6.45) is 0.408. The van der Waals surface area contributed by atoms with Crippen LogP contribution in [0.25, 0.3) is 0 Å². The molecule has 0 saturated heterocycles. The van der Waals surface area contributed by atoms with Crippen molar-refractivity contribution in [3.05, 3.63) is 59.7 Å². The summed E-state index contributed by atoms with van der Waals surface area (Å²) in [4.78, 5) is 26.6. The van der Waals surface area contributed by atoms with Crippen molar-refractivity contribution >= 4 is 12.0 Å². The Kier molecular flexibility index (Phi) is 8.19. The number of urea groups is 1. The summed E-state index contributed by atoms with van der Waals surface area (Å²) in [5.74, 6) is -3.50. The van der Waals surface area contributed by atoms with E-state index >= 15 is 0 Å². The number of halogens is 2. The second kappa shape index (κ2) is 10.9. The molecule has 2 aromatic rings. The average Bonchev–Trinajstić information content (AvgIpc) is 2.82. The molecule has 1 aliphatic rings. The van der Waals surface area contributed by atoms with Crippen LogP contribution in [0.5, 0.6) is 11.5 Å². The van der Waals surface area contributed by atoms with Crippen molar-refractivity contribution in [2.45, 2.75) is 56.5 Å². The van der Waals surface area contributed by atoms with E-state index in [2.05, 4.69) is 5.32 Å². The number of amides is 2. The molecule has 9 heteroatoms. The van der Waals surface area contributed by atoms with Gasteiger partial charge in [0.1, 0.15) is 11.5 Å². The van der Waals surface area contributed by atoms with Crippen LogP contribution in [0.2, 0.25) is 0 Å². The number of carboxylic acids is 1. The van der Waals surface area contributed by atoms with Crippen molar-refractivity contribution in [3.63, 3.8) is 0 Å². The van der Waals surface area contributed by atoms with Crippen LogP contribution in [0.15, 0.2) is 48.5 Å². The van der Waals surface area contributed by atoms with Gasteiger partial charge in [0.15, 0.2) is 5.54 Å². The van der Waals surface area contributed by atoms with Crippen LogP contribution in [0.4, 0.5) is 13.6 Å². The topological polar surface area (TPSA) is 88.1 Å². The molecular formula is C26H32F2N2O5. The second-order valence-electron chi connectivity index (χ2n) is 8.98. The summed E-state index contributed by atoms with van der Waals surface area (Å²) in [6.45, 7) is 2.11. The zero-order chi connectivity index (χ0) is 25.6. The Balaban J connectivity index is 1.79. The standard InChI is InChI=1S/C26H32F2N2O5/c1-18(20-13-21(34-2)15-22(14-20)35-3)30(12-8-7-11-19-9-5-4-6-10-19)24(33)29-25(23(31)32)16-26(27,28)17-25/h4-6,9-10,13-15,18H,7-8,11-12,16-17H2,1-3H3,(H,29,33)(H,31,32). The zero-order valence-electron chi connectivity index (χ0n) is 20.2. The number of hydrogen-bond donors (Lipinski definition) is 2. The van der Waals surface area contributed by atoms with Crippen LogP contribution in [0, 0.1) is 0 Å². The van der Waals surface area contributed by atoms with E-state index in [0.717, 1.165) is 12.8 Å². The smallest absolute Gasteiger partial charge is 0.329 e. The molecule has 7 nitrogen and oxygen atoms in total. The quantitative estimate of drug-likeness (QED) is 0.431. The summed E-state index contributed by atoms with van der Waals surface area (Å²) >= 11 is 0. The number of alkyl halides is 2. The van der Waals surface area contributed by atoms with E-state index in [-0.39, 0.29) is 0 Å². The molecule has 1 saturated carbocycles. The normalized spacial score (nSPS) is 16.5. The summed E-state index contributed by atoms with van der Waals surface area (Å²) < 4.78 is 37.9. The van der Waals surface area contributed by atoms with Crippen molar-refractivity contribution < 1.29 is 33.0 Å². The van der Waals surface area contributed by atoms with Crippen LogP contribution >= 0.6 is 0 Å². The zero-order valence-corrected chi connectivity index (χ0v) is 20.2. The fourth-order valence-electron chi connectivity index (χ4n) is 4.38. The third-order valence-electron chi connectivity index (χ3n) is 6.42. The number of carboxylic acid groups (broad SMARTS) is 1. The molecule has 1 atom stereocenters. The van der Waals surface area contributed by atoms with Crippen LogP contribution in [0.1, 0.15) is 49.8 Å². The lowest BCUT2D eigenvalue weighted by molar-refractivity contribution is -0.175. The Hall–Kier alpha value is -3.36. The first-order valence-electron chi connectivity index (χ1n) is 11.6. The third-order valence-corrected chi connectivity index (χ3v) is 6.42. The van der Waals surface area contributed by atoms with Gasteiger partial charge in [0.2, 0.25) is 0 Å². The highest BCUT2D eigenvalue weighted by molar-refractivity contribution is 5.88. The number of methoxy groups -OCH3 is 2. The summed E-state index contributed by atoms with van der Waals surface area (Å²) in [5.41, 5.74) is -0.0902. The first kappa shape index (κ1) is 26.2. The third kappa shape index (κ3) is 6.41. The number of carbonyl (C=O) groups is 2. The molecule has 2 aromatic carbocycles. The number of ether oxygens (including phenoxy) is 2. The number of rotatable bonds is 11. The molecule has 0 radical (unpaired) electrons. The molecule has 1 unspecified atom stereocenters. The monoisotopic (exact) mass is 490 g/mol. The molecule has 35 heavy (non-hydrogen) atoms. The molecule has 0 heterocycles. The maximum Gasteiger partial charge on any atom is 0.329 e. The highest BCUT2D eigenvalue weighted by atomic mass is 19.3. The van der Waals surface area contributed by atoms with Gasteiger partial charge >= 0.3 is 12.0 Å². The van der Waals surface area contributed by atoms with Gasteiger partial charge in [-0.2, -0.15) is 0 Å². The van der Waals surface area contributed by atoms with Crippen molar-refractivity contribution in [1.29, 1.82) is 0 Å². The minimum absolute atomic E-state index is 0.311. The van der Waals surface area contributed by atoms with Crippen molar-refractivity contribution in [3.8, 4) is 11.5 Å². The number of carbonyl (C=O) groups excluding carboxylic acids is 1. The van der Waals surface area contributed by atoms with E-state index in [1.165, 1.54) is 24.7 Å². The van der Waals surface area contributed by atoms with E-state index in [0.29, 0.717) is 30.0 Å². The van der Waals surface area contributed by atoms with Gasteiger partial charge < -0.3 is 24.8 Å². The largest absolute Gasteiger partial charge is 0.497 e. The lowest BCUT2D eigenvalue weighted by Gasteiger charge is -2.45. The van der Waals surface area contributed by atoms with Gasteiger partial charge in [-0.3, -0.25) is 0 Å². The fraction of sp³-hybridized carbons (Fsp3) is 0.462. The van der Waals surface area contributed by atoms with Gasteiger partial charge in [0, 0.05) is 25.5 Å². The molecule has 2 N–H and O–H groups in total. The molecule has 2 amide bonds. The number of unbranched alkanes of at least 4 members (excludes halogenated alkanes) is 1. The lowest BCUT2D eigenvalue weighted by atomic mass is 9.73. The molecule has 1 aliphatic carbocycles. The minimum atomic E-state index is -3.11. The van der Waals surface area contributed by atoms with Gasteiger partial charge in [-0.25, -0.2) is 18.4 Å². The molecule has 190 valence electrons. The highest BCUT2D eigenvalue weighted by Gasteiger charge is 2.62. The van der Waals surface area contributed by atoms with E-state index in [1.54, 1.807) is 25.1 Å². The number of aryl methyl sites for hydroxylation is 1. The summed E-state index contributed by atoms with van der Waals surface area (Å²) in [5, 5.41) is 12.0. The van der Waals surface area contributed by atoms with Crippen LogP contribution in [-0.2, 0) is 11.2 Å². The van der Waals surface area contributed by atoms with Crippen LogP contribution < -0.4 is 14.8 Å². The second-order valence-corrected chi connectivity index (χ2v) is 8.98. The predicted molar refractivity (Wildman–Crippen MR) is 127 cm³/mol. The number of benzene rings is 2. The minimum Gasteiger partial charge on any atom is -0.497 e. The van der Waals surface area contributed by atoms with Gasteiger partial charge in [-0.15, -0.1) is 0 Å². The van der Waals surface area contributed by atoms with E-state index < -0.39 is 42.3 Å². The number of hydrogen-bond acceptors (Lipinski definition) is 4. The first-order chi connectivity index (χ1) is 16.6. The van der Waals surface area contributed by atoms with Crippen molar-refractivity contribution in [2.75, 3.05) is 20.8 Å². The SMILES string of the molecule is COc1cc(OC)cc(C(C)N(CCCCc2ccccc2)C(=O)NC2(C(=O)O)CC(F)(F)C2)c1. The Morgan fingerprint density at radius 2 is 1.66 bits per heavy atom. The summed E-state index contributed by atoms with van der Waals surface area (Å²) in [6, 6.07) is 14.0. The van der Waals surface area contributed by atoms with Gasteiger partial charge in [0.05, 0.1) is 20.3 Å². The van der Waals surface area contributed by atoms with Crippen molar-refractivity contribution in [1.82, 2.24) is 10.2 Å². The molecule has 3 rings (SSSR count). The van der Waals surface area contributed by atoms with Gasteiger partial charge in [0.25, 0.3) is 5.92 Å². The van der Waals surface area contributed by atoms with Gasteiger partial charge in [-0.05, 0) is 49.4 Å². The van der Waals surface area contributed by atoms with Crippen molar-refractivity contribution in [2.24, 2.45) is 0 Å². The first-order valence-corrected chi connectivity index (χ1v) is 11.6. The number of nitrogens with zero attached hydrogens (tertiary/aromatic N) is 1. The highest BCUT2D eigenvalue weighted by Crippen LogP contribution is 2.46. The van der Waals surface area contributed by atoms with Crippen LogP contribution in [0.3, 0.4) is 0 Å². The molecule has 1 fully saturated rings. The predicted octanol–water partition coefficient (Wildman–Crippen LogP) is 5.05. The van der Waals surface area contributed by atoms with Crippen LogP contribution in [-0.4, -0.2) is 54.2 Å². The average molecular weight is 491 g/mol. The fourth-order valence-corrected chi connectivity index (χ4v) is 4.38. The Morgan fingerprint density at radius 3 is 2.17 bits per heavy atom. The molecule has 0 spiro atoms. The number of aliphatic carboxylic acids is 1. The van der Waals surface area contributed by atoms with E-state index in [1.807, 2.05) is 30.3 Å². The Bertz CT molecular complexity index is 1000. The molecular weight excluding hydrogens is 458 g/mol. The van der Waals surface area contributed by atoms with E-state index in [9.17, 15) is 23.5 Å². The van der Waals surface area contributed by atoms with Gasteiger partial charge in [-0.1, -0.05) is 30.3 Å². The Labute approximate surface area is 204 Å². The molecule has 0 aliphatic heterocycles. The maximum atomic E-state index is 13.6. The van der Waals surface area contributed by atoms with E-state index in [4.69, 9.17) is 9.47 Å². The summed E-state index contributed by atoms with van der Waals surface area (Å²) in [7, 11) is 3.04. The lowest BCUT2D eigenvalue weighted by Crippen LogP contribution is -2.68. The maximum absolute atomic E-state index is 13.6. The molecule has 0 bridgehead atoms. The number of nitrogens with one attached hydrogen (secondary N) is 1. The molecule has 0 aromatic heterocycles.